The average Bonchev–Trinajstić information content (AvgIpc) is 3.32. The first-order valence-electron chi connectivity index (χ1n) is 12.3. The second-order valence-electron chi connectivity index (χ2n) is 8.85. The summed E-state index contributed by atoms with van der Waals surface area (Å²) in [5.74, 6) is 6.13. The number of nitrogens with one attached hydrogen (secondary N) is 1. The molecule has 6 aromatic rings. The topological polar surface area (TPSA) is 124 Å². The third-order valence-electron chi connectivity index (χ3n) is 6.27. The maximum Gasteiger partial charge on any atom is 0.259 e. The third-order valence-corrected chi connectivity index (χ3v) is 6.27. The Morgan fingerprint density at radius 3 is 2.62 bits per heavy atom. The van der Waals surface area contributed by atoms with E-state index in [1.54, 1.807) is 37.1 Å². The molecule has 0 aliphatic rings. The van der Waals surface area contributed by atoms with E-state index in [9.17, 15) is 4.79 Å². The summed E-state index contributed by atoms with van der Waals surface area (Å²) >= 11 is 0. The Morgan fingerprint density at radius 1 is 0.974 bits per heavy atom. The van der Waals surface area contributed by atoms with Crippen LogP contribution >= 0.6 is 0 Å². The van der Waals surface area contributed by atoms with Gasteiger partial charge in [0.25, 0.3) is 5.91 Å². The maximum absolute atomic E-state index is 13.4. The lowest BCUT2D eigenvalue weighted by Crippen LogP contribution is -2.28. The minimum atomic E-state index is -0.434. The van der Waals surface area contributed by atoms with Gasteiger partial charge in [-0.1, -0.05) is 42.2 Å². The number of benzene rings is 1. The van der Waals surface area contributed by atoms with Crippen LogP contribution in [-0.2, 0) is 0 Å². The monoisotopic (exact) mass is 510 g/mol. The van der Waals surface area contributed by atoms with E-state index in [-0.39, 0.29) is 17.3 Å². The smallest absolute Gasteiger partial charge is 0.259 e. The highest BCUT2D eigenvalue weighted by molar-refractivity contribution is 6.04. The Morgan fingerprint density at radius 2 is 1.79 bits per heavy atom. The van der Waals surface area contributed by atoms with Crippen LogP contribution in [0.4, 0.5) is 5.82 Å². The molecule has 188 valence electrons. The van der Waals surface area contributed by atoms with E-state index in [0.29, 0.717) is 16.7 Å². The van der Waals surface area contributed by atoms with Gasteiger partial charge in [0.1, 0.15) is 11.1 Å². The van der Waals surface area contributed by atoms with Crippen molar-refractivity contribution >= 4 is 28.4 Å². The number of pyridine rings is 3. The van der Waals surface area contributed by atoms with Crippen molar-refractivity contribution in [3.05, 3.63) is 114 Å². The lowest BCUT2D eigenvalue weighted by Gasteiger charge is -2.19. The second kappa shape index (κ2) is 10.0. The van der Waals surface area contributed by atoms with E-state index in [2.05, 4.69) is 37.2 Å². The molecule has 0 spiro atoms. The third kappa shape index (κ3) is 4.63. The standard InChI is InChI=1S/C30H22N8O/c1-19(35-30(39)25-28(31)37-38-17-5-13-34-29(25)38)23-18-24-27(36-26(23)21-6-3-2-4-7-21)22(12-16-33-24)9-8-20-10-14-32-15-11-20/h2-7,10-19H,1H3,(H2,31,37)(H,35,39)/t19-/m0/s1. The van der Waals surface area contributed by atoms with Crippen LogP contribution in [0, 0.1) is 11.8 Å². The number of anilines is 1. The van der Waals surface area contributed by atoms with Crippen molar-refractivity contribution in [2.75, 3.05) is 5.73 Å². The second-order valence-corrected chi connectivity index (χ2v) is 8.85. The summed E-state index contributed by atoms with van der Waals surface area (Å²) in [4.78, 5) is 31.3. The molecule has 0 saturated heterocycles. The number of carbonyl (C=O) groups excluding carboxylic acids is 1. The van der Waals surface area contributed by atoms with Crippen LogP contribution in [0.1, 0.15) is 40.0 Å². The molecule has 1 atom stereocenters. The fourth-order valence-electron chi connectivity index (χ4n) is 4.39. The van der Waals surface area contributed by atoms with Gasteiger partial charge in [-0.3, -0.25) is 14.8 Å². The number of nitrogens with zero attached hydrogens (tertiary/aromatic N) is 6. The molecule has 9 nitrogen and oxygen atoms in total. The normalized spacial score (nSPS) is 11.6. The minimum absolute atomic E-state index is 0.109. The fourth-order valence-corrected chi connectivity index (χ4v) is 4.39. The first kappa shape index (κ1) is 23.8. The highest BCUT2D eigenvalue weighted by atomic mass is 16.1. The highest BCUT2D eigenvalue weighted by Gasteiger charge is 2.23. The number of aromatic nitrogens is 6. The van der Waals surface area contributed by atoms with Crippen molar-refractivity contribution < 1.29 is 4.79 Å². The van der Waals surface area contributed by atoms with Crippen LogP contribution in [0.15, 0.2) is 91.6 Å². The first-order valence-corrected chi connectivity index (χ1v) is 12.3. The number of fused-ring (bicyclic) bond motifs is 2. The first-order chi connectivity index (χ1) is 19.1. The number of rotatable bonds is 4. The molecule has 9 heteroatoms. The van der Waals surface area contributed by atoms with Crippen LogP contribution in [0.3, 0.4) is 0 Å². The summed E-state index contributed by atoms with van der Waals surface area (Å²) in [6, 6.07) is 18.6. The Hall–Kier alpha value is -5.62. The van der Waals surface area contributed by atoms with E-state index in [1.807, 2.05) is 61.5 Å². The van der Waals surface area contributed by atoms with Crippen molar-refractivity contribution in [2.45, 2.75) is 13.0 Å². The van der Waals surface area contributed by atoms with Gasteiger partial charge in [0.05, 0.1) is 22.8 Å². The Labute approximate surface area is 223 Å². The van der Waals surface area contributed by atoms with Gasteiger partial charge in [0, 0.05) is 47.7 Å². The number of nitrogens with two attached hydrogens (primary N) is 1. The Bertz CT molecular complexity index is 1890. The van der Waals surface area contributed by atoms with Crippen LogP contribution in [0.25, 0.3) is 27.9 Å². The van der Waals surface area contributed by atoms with Gasteiger partial charge in [-0.05, 0) is 37.3 Å². The van der Waals surface area contributed by atoms with E-state index in [1.165, 1.54) is 4.52 Å². The Kier molecular flexibility index (Phi) is 6.11. The molecule has 0 saturated carbocycles. The molecule has 1 amide bonds. The van der Waals surface area contributed by atoms with Gasteiger partial charge in [0.15, 0.2) is 11.5 Å². The van der Waals surface area contributed by atoms with Crippen LogP contribution in [-0.4, -0.2) is 35.5 Å². The Balaban J connectivity index is 1.43. The minimum Gasteiger partial charge on any atom is -0.381 e. The van der Waals surface area contributed by atoms with Gasteiger partial charge < -0.3 is 11.1 Å². The van der Waals surface area contributed by atoms with Crippen molar-refractivity contribution in [3.63, 3.8) is 0 Å². The number of nitrogen functional groups attached to an aromatic ring is 1. The molecule has 0 aliphatic carbocycles. The molecule has 5 aromatic heterocycles. The van der Waals surface area contributed by atoms with Gasteiger partial charge in [0.2, 0.25) is 0 Å². The SMILES string of the molecule is C[C@H](NC(=O)c1c(N)nn2cccnc12)c1cc2nccc(C#Cc3ccncc3)c2nc1-c1ccccc1. The van der Waals surface area contributed by atoms with Crippen molar-refractivity contribution in [1.29, 1.82) is 0 Å². The zero-order chi connectivity index (χ0) is 26.8. The number of amides is 1. The molecule has 0 fully saturated rings. The number of hydrogen-bond acceptors (Lipinski definition) is 7. The lowest BCUT2D eigenvalue weighted by molar-refractivity contribution is 0.0942. The van der Waals surface area contributed by atoms with Gasteiger partial charge in [-0.15, -0.1) is 5.10 Å². The molecule has 0 unspecified atom stereocenters. The number of carbonyl (C=O) groups is 1. The van der Waals surface area contributed by atoms with E-state index < -0.39 is 6.04 Å². The molecule has 3 N–H and O–H groups in total. The molecule has 6 rings (SSSR count). The summed E-state index contributed by atoms with van der Waals surface area (Å²) in [5, 5.41) is 7.26. The van der Waals surface area contributed by atoms with Gasteiger partial charge in [-0.25, -0.2) is 14.5 Å². The highest BCUT2D eigenvalue weighted by Crippen LogP contribution is 2.31. The molecule has 39 heavy (non-hydrogen) atoms. The fraction of sp³-hybridized carbons (Fsp3) is 0.0667. The van der Waals surface area contributed by atoms with E-state index >= 15 is 0 Å². The largest absolute Gasteiger partial charge is 0.381 e. The molecule has 5 heterocycles. The quantitative estimate of drug-likeness (QED) is 0.341. The molecular formula is C30H22N8O. The molecule has 1 aromatic carbocycles. The summed E-state index contributed by atoms with van der Waals surface area (Å²) in [6.07, 6.45) is 8.41. The summed E-state index contributed by atoms with van der Waals surface area (Å²) in [6.45, 7) is 1.90. The van der Waals surface area contributed by atoms with E-state index in [0.717, 1.165) is 27.9 Å². The predicted octanol–water partition coefficient (Wildman–Crippen LogP) is 4.21. The average molecular weight is 511 g/mol. The zero-order valence-corrected chi connectivity index (χ0v) is 20.9. The molecule has 0 aliphatic heterocycles. The molecule has 0 radical (unpaired) electrons. The van der Waals surface area contributed by atoms with Crippen molar-refractivity contribution in [1.82, 2.24) is 34.9 Å². The predicted molar refractivity (Wildman–Crippen MR) is 148 cm³/mol. The summed E-state index contributed by atoms with van der Waals surface area (Å²) < 4.78 is 1.49. The van der Waals surface area contributed by atoms with Gasteiger partial charge in [-0.2, -0.15) is 0 Å². The van der Waals surface area contributed by atoms with Crippen LogP contribution < -0.4 is 11.1 Å². The summed E-state index contributed by atoms with van der Waals surface area (Å²) in [7, 11) is 0. The number of hydrogen-bond donors (Lipinski definition) is 2. The van der Waals surface area contributed by atoms with Gasteiger partial charge >= 0.3 is 0 Å². The van der Waals surface area contributed by atoms with E-state index in [4.69, 9.17) is 10.7 Å². The van der Waals surface area contributed by atoms with Crippen LogP contribution in [0.5, 0.6) is 0 Å². The van der Waals surface area contributed by atoms with Crippen molar-refractivity contribution in [3.8, 4) is 23.1 Å². The molecular weight excluding hydrogens is 488 g/mol. The maximum atomic E-state index is 13.4. The summed E-state index contributed by atoms with van der Waals surface area (Å²) in [5.41, 5.74) is 12.1. The molecule has 0 bridgehead atoms. The van der Waals surface area contributed by atoms with Crippen LogP contribution in [0.2, 0.25) is 0 Å². The van der Waals surface area contributed by atoms with Crippen molar-refractivity contribution in [2.24, 2.45) is 0 Å². The lowest BCUT2D eigenvalue weighted by atomic mass is 9.98. The zero-order valence-electron chi connectivity index (χ0n) is 20.9.